The van der Waals surface area contributed by atoms with Gasteiger partial charge in [-0.15, -0.1) is 0 Å². The third-order valence-electron chi connectivity index (χ3n) is 7.41. The molecule has 3 N–H and O–H groups in total. The second-order valence-corrected chi connectivity index (χ2v) is 10.3. The molecule has 2 fully saturated rings. The number of benzene rings is 2. The van der Waals surface area contributed by atoms with E-state index in [1.165, 1.54) is 12.8 Å². The first-order valence-corrected chi connectivity index (χ1v) is 12.2. The first kappa shape index (κ1) is 21.5. The molecule has 3 aliphatic rings. The Labute approximate surface area is 202 Å². The molecular formula is C26H27ClN4O3. The minimum Gasteiger partial charge on any atom is -0.508 e. The van der Waals surface area contributed by atoms with Crippen LogP contribution in [0.25, 0.3) is 10.9 Å². The van der Waals surface area contributed by atoms with Gasteiger partial charge in [-0.05, 0) is 61.2 Å². The average Bonchev–Trinajstić information content (AvgIpc) is 3.56. The van der Waals surface area contributed by atoms with Crippen molar-refractivity contribution in [3.63, 3.8) is 0 Å². The highest BCUT2D eigenvalue weighted by atomic mass is 35.5. The van der Waals surface area contributed by atoms with Crippen LogP contribution in [0.15, 0.2) is 42.5 Å². The molecule has 8 heteroatoms. The van der Waals surface area contributed by atoms with Crippen LogP contribution in [0.4, 0.5) is 0 Å². The van der Waals surface area contributed by atoms with Crippen molar-refractivity contribution in [2.45, 2.75) is 43.8 Å². The lowest BCUT2D eigenvalue weighted by molar-refractivity contribution is -0.167. The Morgan fingerprint density at radius 2 is 2.03 bits per heavy atom. The molecule has 7 nitrogen and oxygen atoms in total. The predicted octanol–water partition coefficient (Wildman–Crippen LogP) is 3.35. The Morgan fingerprint density at radius 3 is 2.79 bits per heavy atom. The smallest absolute Gasteiger partial charge is 0.249 e. The van der Waals surface area contributed by atoms with Gasteiger partial charge in [-0.3, -0.25) is 9.59 Å². The van der Waals surface area contributed by atoms with E-state index in [1.54, 1.807) is 28.0 Å². The van der Waals surface area contributed by atoms with E-state index in [-0.39, 0.29) is 24.1 Å². The van der Waals surface area contributed by atoms with E-state index in [4.69, 9.17) is 11.6 Å². The van der Waals surface area contributed by atoms with Gasteiger partial charge in [-0.1, -0.05) is 23.7 Å². The standard InChI is InChI=1S/C26H27ClN4O3/c1-26-13-20-19-12-16(27)5-8-21(19)29-23(20)24(15-3-2-4-18(32)11-15)31(26)22(33)14-30(25(26)34)10-9-28-17-6-7-17/h2-5,8,11-12,17,24,28-29,32H,6-7,9-10,13-14H2,1H3/t24-,26+/m1/s1. The SMILES string of the molecule is C[C@@]12Cc3c([nH]c4ccc(Cl)cc34)[C@@H](c3cccc(O)c3)N1C(=O)CN(CCNC1CC1)C2=O. The van der Waals surface area contributed by atoms with Crippen LogP contribution >= 0.6 is 11.6 Å². The summed E-state index contributed by atoms with van der Waals surface area (Å²) in [5.41, 5.74) is 2.48. The lowest BCUT2D eigenvalue weighted by Gasteiger charge is -2.53. The Bertz CT molecular complexity index is 1320. The third-order valence-corrected chi connectivity index (χ3v) is 7.64. The second kappa shape index (κ2) is 7.75. The molecule has 176 valence electrons. The first-order valence-electron chi connectivity index (χ1n) is 11.8. The molecule has 3 heterocycles. The number of aromatic hydroxyl groups is 1. The van der Waals surface area contributed by atoms with Gasteiger partial charge in [0, 0.05) is 47.2 Å². The monoisotopic (exact) mass is 478 g/mol. The molecule has 0 radical (unpaired) electrons. The normalized spacial score (nSPS) is 24.5. The molecular weight excluding hydrogens is 452 g/mol. The maximum absolute atomic E-state index is 13.9. The Hall–Kier alpha value is -3.03. The number of aromatic nitrogens is 1. The van der Waals surface area contributed by atoms with E-state index in [1.807, 2.05) is 31.2 Å². The average molecular weight is 479 g/mol. The lowest BCUT2D eigenvalue weighted by atomic mass is 9.78. The number of halogens is 1. The summed E-state index contributed by atoms with van der Waals surface area (Å²) in [5.74, 6) is -0.0184. The lowest BCUT2D eigenvalue weighted by Crippen LogP contribution is -2.70. The Morgan fingerprint density at radius 1 is 1.21 bits per heavy atom. The van der Waals surface area contributed by atoms with Crippen molar-refractivity contribution in [3.05, 3.63) is 64.3 Å². The van der Waals surface area contributed by atoms with Gasteiger partial charge in [-0.2, -0.15) is 0 Å². The second-order valence-electron chi connectivity index (χ2n) is 9.87. The fourth-order valence-electron chi connectivity index (χ4n) is 5.64. The van der Waals surface area contributed by atoms with E-state index in [0.29, 0.717) is 30.6 Å². The van der Waals surface area contributed by atoms with Crippen LogP contribution in [-0.2, 0) is 16.0 Å². The van der Waals surface area contributed by atoms with Crippen LogP contribution < -0.4 is 5.32 Å². The molecule has 34 heavy (non-hydrogen) atoms. The summed E-state index contributed by atoms with van der Waals surface area (Å²) in [4.78, 5) is 34.5. The number of nitrogens with zero attached hydrogens (tertiary/aromatic N) is 2. The van der Waals surface area contributed by atoms with Crippen LogP contribution in [0.3, 0.4) is 0 Å². The van der Waals surface area contributed by atoms with Crippen molar-refractivity contribution in [1.82, 2.24) is 20.1 Å². The van der Waals surface area contributed by atoms with Crippen molar-refractivity contribution in [2.75, 3.05) is 19.6 Å². The topological polar surface area (TPSA) is 88.7 Å². The number of phenols is 1. The molecule has 2 aromatic carbocycles. The van der Waals surface area contributed by atoms with E-state index >= 15 is 0 Å². The highest BCUT2D eigenvalue weighted by Crippen LogP contribution is 2.47. The van der Waals surface area contributed by atoms with Crippen molar-refractivity contribution in [1.29, 1.82) is 0 Å². The third kappa shape index (κ3) is 3.37. The van der Waals surface area contributed by atoms with Crippen molar-refractivity contribution in [3.8, 4) is 5.75 Å². The fraction of sp³-hybridized carbons (Fsp3) is 0.385. The van der Waals surface area contributed by atoms with Gasteiger partial charge in [-0.25, -0.2) is 0 Å². The van der Waals surface area contributed by atoms with Crippen LogP contribution in [0.1, 0.15) is 42.6 Å². The van der Waals surface area contributed by atoms with Crippen LogP contribution in [0.2, 0.25) is 5.02 Å². The minimum absolute atomic E-state index is 0.0446. The number of rotatable bonds is 5. The molecule has 0 spiro atoms. The number of carbonyl (C=O) groups excluding carboxylic acids is 2. The number of piperazine rings is 1. The highest BCUT2D eigenvalue weighted by molar-refractivity contribution is 6.31. The zero-order chi connectivity index (χ0) is 23.6. The number of amides is 2. The molecule has 2 aliphatic heterocycles. The molecule has 2 atom stereocenters. The largest absolute Gasteiger partial charge is 0.508 e. The molecule has 0 bridgehead atoms. The van der Waals surface area contributed by atoms with Gasteiger partial charge >= 0.3 is 0 Å². The number of carbonyl (C=O) groups is 2. The van der Waals surface area contributed by atoms with Crippen LogP contribution in [-0.4, -0.2) is 62.9 Å². The summed E-state index contributed by atoms with van der Waals surface area (Å²) in [6.07, 6.45) is 2.75. The molecule has 1 aliphatic carbocycles. The number of aromatic amines is 1. The van der Waals surface area contributed by atoms with Gasteiger partial charge in [0.1, 0.15) is 11.3 Å². The van der Waals surface area contributed by atoms with Gasteiger partial charge < -0.3 is 25.2 Å². The van der Waals surface area contributed by atoms with Crippen LogP contribution in [0.5, 0.6) is 5.75 Å². The maximum Gasteiger partial charge on any atom is 0.249 e. The number of phenolic OH excluding ortho intramolecular Hbond substituents is 1. The summed E-state index contributed by atoms with van der Waals surface area (Å²) < 4.78 is 0. The zero-order valence-corrected chi connectivity index (χ0v) is 19.7. The quantitative estimate of drug-likeness (QED) is 0.524. The summed E-state index contributed by atoms with van der Waals surface area (Å²) in [7, 11) is 0. The highest BCUT2D eigenvalue weighted by Gasteiger charge is 2.55. The summed E-state index contributed by atoms with van der Waals surface area (Å²) >= 11 is 6.33. The zero-order valence-electron chi connectivity index (χ0n) is 19.0. The summed E-state index contributed by atoms with van der Waals surface area (Å²) in [6.45, 7) is 3.12. The van der Waals surface area contributed by atoms with Gasteiger partial charge in [0.05, 0.1) is 12.6 Å². The van der Waals surface area contributed by atoms with Crippen molar-refractivity contribution in [2.24, 2.45) is 0 Å². The molecule has 1 aromatic heterocycles. The number of nitrogens with one attached hydrogen (secondary N) is 2. The molecule has 1 saturated carbocycles. The van der Waals surface area contributed by atoms with Crippen molar-refractivity contribution >= 4 is 34.3 Å². The molecule has 6 rings (SSSR count). The number of hydrogen-bond donors (Lipinski definition) is 3. The summed E-state index contributed by atoms with van der Waals surface area (Å²) in [5, 5.41) is 15.2. The molecule has 3 aromatic rings. The van der Waals surface area contributed by atoms with Gasteiger partial charge in [0.15, 0.2) is 0 Å². The van der Waals surface area contributed by atoms with Gasteiger partial charge in [0.2, 0.25) is 11.8 Å². The van der Waals surface area contributed by atoms with Crippen molar-refractivity contribution < 1.29 is 14.7 Å². The van der Waals surface area contributed by atoms with Gasteiger partial charge in [0.25, 0.3) is 0 Å². The molecule has 0 unspecified atom stereocenters. The Kier molecular flexibility index (Phi) is 4.90. The number of fused-ring (bicyclic) bond motifs is 4. The van der Waals surface area contributed by atoms with E-state index in [0.717, 1.165) is 27.7 Å². The maximum atomic E-state index is 13.9. The first-order chi connectivity index (χ1) is 16.3. The molecule has 2 amide bonds. The van der Waals surface area contributed by atoms with Crippen LogP contribution in [0, 0.1) is 0 Å². The number of H-pyrrole nitrogens is 1. The molecule has 1 saturated heterocycles. The predicted molar refractivity (Wildman–Crippen MR) is 130 cm³/mol. The Balaban J connectivity index is 1.47. The summed E-state index contributed by atoms with van der Waals surface area (Å²) in [6, 6.07) is 12.6. The van der Waals surface area contributed by atoms with E-state index in [9.17, 15) is 14.7 Å². The van der Waals surface area contributed by atoms with E-state index < -0.39 is 11.6 Å². The fourth-order valence-corrected chi connectivity index (χ4v) is 5.81. The number of hydrogen-bond acceptors (Lipinski definition) is 4. The van der Waals surface area contributed by atoms with E-state index in [2.05, 4.69) is 10.3 Å². The minimum atomic E-state index is -1.05.